The highest BCUT2D eigenvalue weighted by Crippen LogP contribution is 2.26. The number of aryl methyl sites for hydroxylation is 1. The molecule has 0 unspecified atom stereocenters. The van der Waals surface area contributed by atoms with Crippen molar-refractivity contribution in [1.82, 2.24) is 25.1 Å². The molecule has 0 atom stereocenters. The maximum atomic E-state index is 14.1. The number of hydrogen-bond acceptors (Lipinski definition) is 5. The summed E-state index contributed by atoms with van der Waals surface area (Å²) in [6, 6.07) is 7.19. The Morgan fingerprint density at radius 3 is 2.83 bits per heavy atom. The molecule has 2 heterocycles. The summed E-state index contributed by atoms with van der Waals surface area (Å²) >= 11 is 0. The first-order chi connectivity index (χ1) is 11.6. The van der Waals surface area contributed by atoms with Crippen molar-refractivity contribution in [2.75, 3.05) is 12.4 Å². The number of hydrogen-bond donors (Lipinski definition) is 2. The van der Waals surface area contributed by atoms with E-state index in [4.69, 9.17) is 0 Å². The number of carbonyl (C=O) groups excluding carboxylic acids is 1. The standard InChI is InChI=1S/C16H15FN6O/c1-18-16(24)12-7-19-8-13(17)14(12)21-11-5-3-4-10(6-11)15-20-9-23(2)22-15/h3-9H,1-2H3,(H,18,24)(H,19,21). The first-order valence-electron chi connectivity index (χ1n) is 7.17. The van der Waals surface area contributed by atoms with Gasteiger partial charge in [0, 0.05) is 31.5 Å². The largest absolute Gasteiger partial charge is 0.355 e. The molecule has 3 rings (SSSR count). The Labute approximate surface area is 137 Å². The molecular weight excluding hydrogens is 311 g/mol. The van der Waals surface area contributed by atoms with E-state index in [2.05, 4.69) is 25.7 Å². The minimum Gasteiger partial charge on any atom is -0.355 e. The predicted octanol–water partition coefficient (Wildman–Crippen LogP) is 2.12. The molecule has 0 aliphatic heterocycles. The van der Waals surface area contributed by atoms with Gasteiger partial charge in [0.05, 0.1) is 17.4 Å². The van der Waals surface area contributed by atoms with Gasteiger partial charge in [-0.05, 0) is 12.1 Å². The molecule has 0 bridgehead atoms. The van der Waals surface area contributed by atoms with E-state index in [1.807, 2.05) is 6.07 Å². The van der Waals surface area contributed by atoms with Crippen LogP contribution in [0, 0.1) is 5.82 Å². The van der Waals surface area contributed by atoms with Crippen molar-refractivity contribution in [3.8, 4) is 11.4 Å². The number of aromatic nitrogens is 4. The predicted molar refractivity (Wildman–Crippen MR) is 87.3 cm³/mol. The number of pyridine rings is 1. The number of nitrogens with one attached hydrogen (secondary N) is 2. The van der Waals surface area contributed by atoms with Gasteiger partial charge in [-0.3, -0.25) is 14.5 Å². The van der Waals surface area contributed by atoms with Crippen LogP contribution < -0.4 is 10.6 Å². The molecule has 8 heteroatoms. The van der Waals surface area contributed by atoms with Crippen LogP contribution in [0.25, 0.3) is 11.4 Å². The molecule has 2 N–H and O–H groups in total. The zero-order valence-electron chi connectivity index (χ0n) is 13.1. The molecule has 0 fully saturated rings. The van der Waals surface area contributed by atoms with E-state index in [0.29, 0.717) is 11.5 Å². The summed E-state index contributed by atoms with van der Waals surface area (Å²) in [7, 11) is 3.25. The van der Waals surface area contributed by atoms with Crippen LogP contribution in [0.4, 0.5) is 15.8 Å². The molecular formula is C16H15FN6O. The van der Waals surface area contributed by atoms with E-state index < -0.39 is 11.7 Å². The number of nitrogens with zero attached hydrogens (tertiary/aromatic N) is 4. The molecule has 122 valence electrons. The molecule has 0 aliphatic rings. The molecule has 0 saturated heterocycles. The maximum Gasteiger partial charge on any atom is 0.254 e. The highest BCUT2D eigenvalue weighted by Gasteiger charge is 2.15. The number of carbonyl (C=O) groups is 1. The third-order valence-electron chi connectivity index (χ3n) is 3.36. The van der Waals surface area contributed by atoms with Crippen LogP contribution in [-0.4, -0.2) is 32.7 Å². The molecule has 0 spiro atoms. The molecule has 3 aromatic rings. The van der Waals surface area contributed by atoms with Crippen molar-refractivity contribution in [2.24, 2.45) is 7.05 Å². The number of anilines is 2. The first kappa shape index (κ1) is 15.6. The fourth-order valence-corrected chi connectivity index (χ4v) is 2.22. The van der Waals surface area contributed by atoms with Crippen LogP contribution in [0.1, 0.15) is 10.4 Å². The summed E-state index contributed by atoms with van der Waals surface area (Å²) in [5, 5.41) is 9.64. The van der Waals surface area contributed by atoms with Crippen LogP contribution in [0.15, 0.2) is 43.0 Å². The van der Waals surface area contributed by atoms with Gasteiger partial charge in [0.1, 0.15) is 6.33 Å². The smallest absolute Gasteiger partial charge is 0.254 e. The minimum atomic E-state index is -0.613. The van der Waals surface area contributed by atoms with Crippen LogP contribution in [0.3, 0.4) is 0 Å². The SMILES string of the molecule is CNC(=O)c1cncc(F)c1Nc1cccc(-c2ncn(C)n2)c1. The molecule has 0 saturated carbocycles. The van der Waals surface area contributed by atoms with Crippen molar-refractivity contribution in [2.45, 2.75) is 0 Å². The zero-order chi connectivity index (χ0) is 17.1. The summed E-state index contributed by atoms with van der Waals surface area (Å²) in [5.41, 5.74) is 1.57. The number of halogens is 1. The van der Waals surface area contributed by atoms with Gasteiger partial charge in [-0.2, -0.15) is 5.10 Å². The first-order valence-corrected chi connectivity index (χ1v) is 7.17. The van der Waals surface area contributed by atoms with Gasteiger partial charge in [-0.1, -0.05) is 12.1 Å². The van der Waals surface area contributed by atoms with Crippen LogP contribution in [0.2, 0.25) is 0 Å². The molecule has 1 aromatic carbocycles. The van der Waals surface area contributed by atoms with Crippen molar-refractivity contribution < 1.29 is 9.18 Å². The zero-order valence-corrected chi connectivity index (χ0v) is 13.1. The average Bonchev–Trinajstić information content (AvgIpc) is 3.03. The Bertz CT molecular complexity index is 892. The Balaban J connectivity index is 1.96. The van der Waals surface area contributed by atoms with Gasteiger partial charge in [0.25, 0.3) is 5.91 Å². The normalized spacial score (nSPS) is 10.5. The number of benzene rings is 1. The van der Waals surface area contributed by atoms with E-state index in [1.54, 1.807) is 36.3 Å². The Morgan fingerprint density at radius 2 is 2.12 bits per heavy atom. The second-order valence-corrected chi connectivity index (χ2v) is 5.07. The van der Waals surface area contributed by atoms with Crippen LogP contribution >= 0.6 is 0 Å². The Kier molecular flexibility index (Phi) is 4.19. The molecule has 0 radical (unpaired) electrons. The molecule has 2 aromatic heterocycles. The average molecular weight is 326 g/mol. The summed E-state index contributed by atoms with van der Waals surface area (Å²) < 4.78 is 15.7. The van der Waals surface area contributed by atoms with Gasteiger partial charge in [-0.25, -0.2) is 9.37 Å². The van der Waals surface area contributed by atoms with Crippen molar-refractivity contribution in [3.05, 3.63) is 54.4 Å². The van der Waals surface area contributed by atoms with Crippen molar-refractivity contribution in [1.29, 1.82) is 0 Å². The molecule has 7 nitrogen and oxygen atoms in total. The van der Waals surface area contributed by atoms with Gasteiger partial charge in [0.2, 0.25) is 0 Å². The second kappa shape index (κ2) is 6.45. The monoisotopic (exact) mass is 326 g/mol. The lowest BCUT2D eigenvalue weighted by molar-refractivity contribution is 0.0963. The number of amides is 1. The molecule has 24 heavy (non-hydrogen) atoms. The lowest BCUT2D eigenvalue weighted by atomic mass is 10.1. The molecule has 0 aliphatic carbocycles. The topological polar surface area (TPSA) is 84.7 Å². The van der Waals surface area contributed by atoms with Gasteiger partial charge in [0.15, 0.2) is 11.6 Å². The highest BCUT2D eigenvalue weighted by atomic mass is 19.1. The van der Waals surface area contributed by atoms with Crippen LogP contribution in [-0.2, 0) is 7.05 Å². The third kappa shape index (κ3) is 3.07. The minimum absolute atomic E-state index is 0.0653. The number of rotatable bonds is 4. The summed E-state index contributed by atoms with van der Waals surface area (Å²) in [5.74, 6) is -0.479. The van der Waals surface area contributed by atoms with E-state index in [0.717, 1.165) is 11.8 Å². The quantitative estimate of drug-likeness (QED) is 0.767. The van der Waals surface area contributed by atoms with E-state index in [1.165, 1.54) is 13.2 Å². The maximum absolute atomic E-state index is 14.1. The lowest BCUT2D eigenvalue weighted by Crippen LogP contribution is -2.20. The highest BCUT2D eigenvalue weighted by molar-refractivity contribution is 6.00. The van der Waals surface area contributed by atoms with Gasteiger partial charge < -0.3 is 10.6 Å². The van der Waals surface area contributed by atoms with E-state index in [9.17, 15) is 9.18 Å². The van der Waals surface area contributed by atoms with E-state index in [-0.39, 0.29) is 11.3 Å². The van der Waals surface area contributed by atoms with Crippen LogP contribution in [0.5, 0.6) is 0 Å². The summed E-state index contributed by atoms with van der Waals surface area (Å²) in [4.78, 5) is 19.8. The van der Waals surface area contributed by atoms with E-state index >= 15 is 0 Å². The lowest BCUT2D eigenvalue weighted by Gasteiger charge is -2.12. The Hall–Kier alpha value is -3.29. The van der Waals surface area contributed by atoms with Gasteiger partial charge >= 0.3 is 0 Å². The summed E-state index contributed by atoms with van der Waals surface area (Å²) in [6.07, 6.45) is 3.97. The second-order valence-electron chi connectivity index (χ2n) is 5.07. The van der Waals surface area contributed by atoms with Crippen molar-refractivity contribution >= 4 is 17.3 Å². The Morgan fingerprint density at radius 1 is 1.29 bits per heavy atom. The molecule has 1 amide bonds. The van der Waals surface area contributed by atoms with Crippen molar-refractivity contribution in [3.63, 3.8) is 0 Å². The fourth-order valence-electron chi connectivity index (χ4n) is 2.22. The fraction of sp³-hybridized carbons (Fsp3) is 0.125. The summed E-state index contributed by atoms with van der Waals surface area (Å²) in [6.45, 7) is 0. The third-order valence-corrected chi connectivity index (χ3v) is 3.36. The van der Waals surface area contributed by atoms with Gasteiger partial charge in [-0.15, -0.1) is 0 Å².